The van der Waals surface area contributed by atoms with Gasteiger partial charge in [-0.05, 0) is 66.4 Å². The van der Waals surface area contributed by atoms with Crippen LogP contribution in [0.5, 0.6) is 5.75 Å². The smallest absolute Gasteiger partial charge is 0.277 e. The zero-order chi connectivity index (χ0) is 19.4. The van der Waals surface area contributed by atoms with Crippen molar-refractivity contribution in [2.24, 2.45) is 5.10 Å². The molecule has 0 saturated heterocycles. The Hall–Kier alpha value is -2.85. The Morgan fingerprint density at radius 1 is 1.04 bits per heavy atom. The van der Waals surface area contributed by atoms with Gasteiger partial charge in [-0.1, -0.05) is 48.0 Å². The maximum Gasteiger partial charge on any atom is 0.277 e. The van der Waals surface area contributed by atoms with Gasteiger partial charge in [0.05, 0.1) is 5.71 Å². The van der Waals surface area contributed by atoms with Crippen molar-refractivity contribution in [3.8, 4) is 5.75 Å². The monoisotopic (exact) mass is 380 g/mol. The maximum absolute atomic E-state index is 12.0. The van der Waals surface area contributed by atoms with Crippen molar-refractivity contribution >= 4 is 34.0 Å². The quantitative estimate of drug-likeness (QED) is 0.498. The number of hydrogen-bond acceptors (Lipinski definition) is 3. The van der Waals surface area contributed by atoms with Gasteiger partial charge in [-0.25, -0.2) is 5.43 Å². The van der Waals surface area contributed by atoms with Crippen LogP contribution in [0, 0.1) is 13.8 Å². The van der Waals surface area contributed by atoms with E-state index in [1.54, 1.807) is 0 Å². The van der Waals surface area contributed by atoms with E-state index < -0.39 is 0 Å². The number of fused-ring (bicyclic) bond motifs is 1. The van der Waals surface area contributed by atoms with Gasteiger partial charge in [0.15, 0.2) is 6.61 Å². The number of nitrogens with zero attached hydrogens (tertiary/aromatic N) is 1. The lowest BCUT2D eigenvalue weighted by Gasteiger charge is -2.09. The predicted molar refractivity (Wildman–Crippen MR) is 111 cm³/mol. The molecule has 0 aliphatic heterocycles. The topological polar surface area (TPSA) is 50.7 Å². The first-order chi connectivity index (χ1) is 12.9. The average molecular weight is 381 g/mol. The zero-order valence-corrected chi connectivity index (χ0v) is 16.3. The molecule has 0 unspecified atom stereocenters. The highest BCUT2D eigenvalue weighted by Gasteiger charge is 2.07. The molecule has 5 heteroatoms. The minimum absolute atomic E-state index is 0.116. The summed E-state index contributed by atoms with van der Waals surface area (Å²) in [5.41, 5.74) is 6.05. The van der Waals surface area contributed by atoms with Crippen LogP contribution < -0.4 is 10.2 Å². The van der Waals surface area contributed by atoms with Crippen LogP contribution in [-0.4, -0.2) is 18.2 Å². The maximum atomic E-state index is 12.0. The first-order valence-electron chi connectivity index (χ1n) is 8.66. The predicted octanol–water partition coefficient (Wildman–Crippen LogP) is 5.03. The highest BCUT2D eigenvalue weighted by Crippen LogP contribution is 2.25. The van der Waals surface area contributed by atoms with Gasteiger partial charge in [0, 0.05) is 5.02 Å². The molecular formula is C22H21ClN2O2. The lowest BCUT2D eigenvalue weighted by atomic mass is 10.0. The van der Waals surface area contributed by atoms with Crippen LogP contribution in [0.15, 0.2) is 59.7 Å². The largest absolute Gasteiger partial charge is 0.484 e. The van der Waals surface area contributed by atoms with E-state index in [-0.39, 0.29) is 12.5 Å². The Kier molecular flexibility index (Phi) is 5.77. The van der Waals surface area contributed by atoms with Crippen molar-refractivity contribution in [2.75, 3.05) is 6.61 Å². The lowest BCUT2D eigenvalue weighted by molar-refractivity contribution is -0.123. The molecule has 138 valence electrons. The third-order valence-corrected chi connectivity index (χ3v) is 4.89. The number of aryl methyl sites for hydroxylation is 2. The number of hydrogen-bond donors (Lipinski definition) is 1. The number of ether oxygens (including phenoxy) is 1. The van der Waals surface area contributed by atoms with Crippen molar-refractivity contribution < 1.29 is 9.53 Å². The molecule has 0 heterocycles. The van der Waals surface area contributed by atoms with E-state index >= 15 is 0 Å². The second kappa shape index (κ2) is 8.23. The SMILES string of the molecule is C/C(=N\NC(=O)COc1cc(C)c(Cl)c(C)c1)c1ccc2ccccc2c1. The van der Waals surface area contributed by atoms with E-state index in [2.05, 4.69) is 28.7 Å². The summed E-state index contributed by atoms with van der Waals surface area (Å²) >= 11 is 6.14. The van der Waals surface area contributed by atoms with Crippen molar-refractivity contribution in [2.45, 2.75) is 20.8 Å². The van der Waals surface area contributed by atoms with E-state index in [0.29, 0.717) is 10.8 Å². The molecular weight excluding hydrogens is 360 g/mol. The third kappa shape index (κ3) is 4.66. The summed E-state index contributed by atoms with van der Waals surface area (Å²) in [6.45, 7) is 5.55. The van der Waals surface area contributed by atoms with Gasteiger partial charge < -0.3 is 4.74 Å². The summed E-state index contributed by atoms with van der Waals surface area (Å²) in [7, 11) is 0. The van der Waals surface area contributed by atoms with Crippen LogP contribution in [0.25, 0.3) is 10.8 Å². The second-order valence-electron chi connectivity index (χ2n) is 6.45. The van der Waals surface area contributed by atoms with E-state index in [1.165, 1.54) is 5.39 Å². The molecule has 0 bridgehead atoms. The number of carbonyl (C=O) groups excluding carboxylic acids is 1. The van der Waals surface area contributed by atoms with Crippen LogP contribution in [0.1, 0.15) is 23.6 Å². The van der Waals surface area contributed by atoms with Crippen LogP contribution >= 0.6 is 11.6 Å². The van der Waals surface area contributed by atoms with Gasteiger partial charge in [0.2, 0.25) is 0 Å². The number of nitrogens with one attached hydrogen (secondary N) is 1. The molecule has 3 rings (SSSR count). The highest BCUT2D eigenvalue weighted by molar-refractivity contribution is 6.32. The van der Waals surface area contributed by atoms with Crippen molar-refractivity contribution in [3.63, 3.8) is 0 Å². The summed E-state index contributed by atoms with van der Waals surface area (Å²) in [6.07, 6.45) is 0. The number of carbonyl (C=O) groups is 1. The van der Waals surface area contributed by atoms with Gasteiger partial charge in [-0.3, -0.25) is 4.79 Å². The molecule has 0 radical (unpaired) electrons. The fraction of sp³-hybridized carbons (Fsp3) is 0.182. The summed E-state index contributed by atoms with van der Waals surface area (Å²) in [5.74, 6) is 0.292. The van der Waals surface area contributed by atoms with Crippen LogP contribution in [0.4, 0.5) is 0 Å². The number of amides is 1. The Balaban J connectivity index is 1.61. The van der Waals surface area contributed by atoms with Crippen LogP contribution in [0.2, 0.25) is 5.02 Å². The standard InChI is InChI=1S/C22H21ClN2O2/c1-14-10-20(11-15(2)22(14)23)27-13-21(26)25-24-16(3)18-9-8-17-6-4-5-7-19(17)12-18/h4-12H,13H2,1-3H3,(H,25,26)/b24-16+. The molecule has 0 spiro atoms. The van der Waals surface area contributed by atoms with Crippen molar-refractivity contribution in [3.05, 3.63) is 76.3 Å². The van der Waals surface area contributed by atoms with Crippen LogP contribution in [-0.2, 0) is 4.79 Å². The van der Waals surface area contributed by atoms with E-state index in [0.717, 1.165) is 27.8 Å². The number of hydrazone groups is 1. The summed E-state index contributed by atoms with van der Waals surface area (Å²) in [5, 5.41) is 7.19. The molecule has 0 aromatic heterocycles. The van der Waals surface area contributed by atoms with Crippen LogP contribution in [0.3, 0.4) is 0 Å². The summed E-state index contributed by atoms with van der Waals surface area (Å²) in [4.78, 5) is 12.0. The molecule has 0 saturated carbocycles. The van der Waals surface area contributed by atoms with Gasteiger partial charge in [0.1, 0.15) is 5.75 Å². The Morgan fingerprint density at radius 3 is 2.41 bits per heavy atom. The first kappa shape index (κ1) is 18.9. The average Bonchev–Trinajstić information content (AvgIpc) is 2.68. The zero-order valence-electron chi connectivity index (χ0n) is 15.5. The minimum atomic E-state index is -0.319. The highest BCUT2D eigenvalue weighted by atomic mass is 35.5. The van der Waals surface area contributed by atoms with Gasteiger partial charge in [-0.2, -0.15) is 5.10 Å². The van der Waals surface area contributed by atoms with E-state index in [1.807, 2.05) is 57.2 Å². The fourth-order valence-corrected chi connectivity index (χ4v) is 2.90. The van der Waals surface area contributed by atoms with Crippen molar-refractivity contribution in [1.82, 2.24) is 5.43 Å². The Labute approximate surface area is 163 Å². The molecule has 1 amide bonds. The molecule has 4 nitrogen and oxygen atoms in total. The lowest BCUT2D eigenvalue weighted by Crippen LogP contribution is -2.25. The number of halogens is 1. The van der Waals surface area contributed by atoms with Gasteiger partial charge in [0.25, 0.3) is 5.91 Å². The summed E-state index contributed by atoms with van der Waals surface area (Å²) < 4.78 is 5.54. The number of benzene rings is 3. The first-order valence-corrected chi connectivity index (χ1v) is 9.03. The molecule has 0 aliphatic carbocycles. The molecule has 3 aromatic carbocycles. The molecule has 0 atom stereocenters. The van der Waals surface area contributed by atoms with Crippen molar-refractivity contribution in [1.29, 1.82) is 0 Å². The normalized spacial score (nSPS) is 11.5. The second-order valence-corrected chi connectivity index (χ2v) is 6.83. The Bertz CT molecular complexity index is 1000. The Morgan fingerprint density at radius 2 is 1.70 bits per heavy atom. The van der Waals surface area contributed by atoms with Gasteiger partial charge >= 0.3 is 0 Å². The molecule has 1 N–H and O–H groups in total. The van der Waals surface area contributed by atoms with E-state index in [4.69, 9.17) is 16.3 Å². The molecule has 0 aliphatic rings. The number of rotatable bonds is 5. The molecule has 0 fully saturated rings. The fourth-order valence-electron chi connectivity index (χ4n) is 2.80. The van der Waals surface area contributed by atoms with E-state index in [9.17, 15) is 4.79 Å². The third-order valence-electron chi connectivity index (χ3n) is 4.30. The summed E-state index contributed by atoms with van der Waals surface area (Å²) in [6, 6.07) is 17.8. The molecule has 3 aromatic rings. The van der Waals surface area contributed by atoms with Gasteiger partial charge in [-0.15, -0.1) is 0 Å². The molecule has 27 heavy (non-hydrogen) atoms. The minimum Gasteiger partial charge on any atom is -0.484 e.